The van der Waals surface area contributed by atoms with Gasteiger partial charge in [0.15, 0.2) is 5.82 Å². The second kappa shape index (κ2) is 7.68. The molecule has 118 valence electrons. The number of carbonyl (C=O) groups excluding carboxylic acids is 1. The number of hydrogen-bond donors (Lipinski definition) is 1. The van der Waals surface area contributed by atoms with Gasteiger partial charge in [-0.2, -0.15) is 11.8 Å². The van der Waals surface area contributed by atoms with Crippen molar-refractivity contribution in [1.82, 2.24) is 25.0 Å². The highest BCUT2D eigenvalue weighted by Gasteiger charge is 2.24. The first kappa shape index (κ1) is 16.1. The van der Waals surface area contributed by atoms with Crippen LogP contribution in [0.4, 0.5) is 4.79 Å². The number of nitrogens with one attached hydrogen (secondary N) is 1. The van der Waals surface area contributed by atoms with Gasteiger partial charge in [-0.25, -0.2) is 4.79 Å². The third kappa shape index (κ3) is 4.36. The molecule has 0 radical (unpaired) electrons. The van der Waals surface area contributed by atoms with Crippen LogP contribution < -0.4 is 5.32 Å². The van der Waals surface area contributed by atoms with Crippen molar-refractivity contribution in [2.45, 2.75) is 44.4 Å². The number of hydrogen-bond acceptors (Lipinski definition) is 4. The Morgan fingerprint density at radius 1 is 1.57 bits per heavy atom. The van der Waals surface area contributed by atoms with Crippen LogP contribution in [0, 0.1) is 0 Å². The monoisotopic (exact) mass is 311 g/mol. The van der Waals surface area contributed by atoms with Crippen LogP contribution in [0.2, 0.25) is 0 Å². The van der Waals surface area contributed by atoms with Gasteiger partial charge in [-0.1, -0.05) is 13.3 Å². The number of nitrogens with zero attached hydrogens (tertiary/aromatic N) is 4. The Labute approximate surface area is 130 Å². The van der Waals surface area contributed by atoms with Gasteiger partial charge in [-0.3, -0.25) is 0 Å². The van der Waals surface area contributed by atoms with E-state index in [2.05, 4.69) is 22.4 Å². The lowest BCUT2D eigenvalue weighted by atomic mass is 10.2. The smallest absolute Gasteiger partial charge is 0.318 e. The second-order valence-corrected chi connectivity index (χ2v) is 7.07. The molecule has 1 saturated heterocycles. The summed E-state index contributed by atoms with van der Waals surface area (Å²) in [5, 5.41) is 11.5. The third-order valence-corrected chi connectivity index (χ3v) is 4.98. The third-order valence-electron chi connectivity index (χ3n) is 3.79. The molecule has 2 heterocycles. The first-order valence-electron chi connectivity index (χ1n) is 7.62. The van der Waals surface area contributed by atoms with Crippen LogP contribution in [0.1, 0.15) is 45.0 Å². The summed E-state index contributed by atoms with van der Waals surface area (Å²) >= 11 is 1.96. The van der Waals surface area contributed by atoms with Gasteiger partial charge in [0.1, 0.15) is 6.33 Å². The number of aryl methyl sites for hydroxylation is 1. The first-order chi connectivity index (χ1) is 10.1. The summed E-state index contributed by atoms with van der Waals surface area (Å²) in [6, 6.07) is -0.125. The lowest BCUT2D eigenvalue weighted by Gasteiger charge is -2.26. The van der Waals surface area contributed by atoms with E-state index in [1.165, 1.54) is 12.8 Å². The Morgan fingerprint density at radius 2 is 2.38 bits per heavy atom. The van der Waals surface area contributed by atoms with E-state index in [0.717, 1.165) is 31.1 Å². The molecule has 1 aromatic heterocycles. The normalized spacial score (nSPS) is 20.9. The molecule has 0 bridgehead atoms. The van der Waals surface area contributed by atoms with E-state index in [4.69, 9.17) is 0 Å². The number of thioether (sulfide) groups is 1. The van der Waals surface area contributed by atoms with E-state index in [0.29, 0.717) is 5.25 Å². The summed E-state index contributed by atoms with van der Waals surface area (Å²) < 4.78 is 1.84. The zero-order valence-electron chi connectivity index (χ0n) is 13.1. The van der Waals surface area contributed by atoms with Crippen LogP contribution in [0.25, 0.3) is 0 Å². The van der Waals surface area contributed by atoms with Crippen molar-refractivity contribution < 1.29 is 4.79 Å². The minimum absolute atomic E-state index is 0.00843. The molecule has 1 aliphatic rings. The molecular weight excluding hydrogens is 286 g/mol. The van der Waals surface area contributed by atoms with E-state index in [1.807, 2.05) is 35.2 Å². The molecule has 0 aliphatic carbocycles. The Balaban J connectivity index is 1.93. The molecule has 1 aromatic rings. The van der Waals surface area contributed by atoms with Crippen LogP contribution in [-0.4, -0.2) is 49.8 Å². The summed E-state index contributed by atoms with van der Waals surface area (Å²) in [7, 11) is 1.89. The maximum Gasteiger partial charge on any atom is 0.318 e. The molecule has 2 rings (SSSR count). The minimum Gasteiger partial charge on any atom is -0.328 e. The van der Waals surface area contributed by atoms with E-state index < -0.39 is 0 Å². The van der Waals surface area contributed by atoms with Gasteiger partial charge in [0, 0.05) is 25.4 Å². The number of carbonyl (C=O) groups is 1. The Kier molecular flexibility index (Phi) is 5.90. The molecule has 1 aliphatic heterocycles. The SMILES string of the molecule is CCS[C@@H]1CCCCN(C(=O)N[C@@H](C)c2nncn2C)C1. The standard InChI is InChI=1S/C14H25N5OS/c1-4-21-12-7-5-6-8-19(9-12)14(20)16-11(2)13-17-15-10-18(13)3/h10-12H,4-9H2,1-3H3,(H,16,20)/t11-,12+/m0/s1. The zero-order valence-corrected chi connectivity index (χ0v) is 13.9. The molecule has 6 nitrogen and oxygen atoms in total. The van der Waals surface area contributed by atoms with Crippen molar-refractivity contribution in [3.05, 3.63) is 12.2 Å². The Hall–Kier alpha value is -1.24. The molecular formula is C14H25N5OS. The summed E-state index contributed by atoms with van der Waals surface area (Å²) in [5.74, 6) is 1.88. The highest BCUT2D eigenvalue weighted by Crippen LogP contribution is 2.22. The van der Waals surface area contributed by atoms with Crippen LogP contribution >= 0.6 is 11.8 Å². The molecule has 0 aromatic carbocycles. The molecule has 1 fully saturated rings. The molecule has 0 unspecified atom stereocenters. The van der Waals surface area contributed by atoms with Gasteiger partial charge in [0.2, 0.25) is 0 Å². The van der Waals surface area contributed by atoms with Crippen molar-refractivity contribution in [1.29, 1.82) is 0 Å². The van der Waals surface area contributed by atoms with Crippen molar-refractivity contribution in [3.8, 4) is 0 Å². The maximum atomic E-state index is 12.5. The summed E-state index contributed by atoms with van der Waals surface area (Å²) in [5.41, 5.74) is 0. The number of aromatic nitrogens is 3. The highest BCUT2D eigenvalue weighted by atomic mass is 32.2. The molecule has 7 heteroatoms. The fraction of sp³-hybridized carbons (Fsp3) is 0.786. The predicted octanol–water partition coefficient (Wildman–Crippen LogP) is 2.19. The first-order valence-corrected chi connectivity index (χ1v) is 8.67. The minimum atomic E-state index is -0.134. The highest BCUT2D eigenvalue weighted by molar-refractivity contribution is 7.99. The van der Waals surface area contributed by atoms with E-state index in [-0.39, 0.29) is 12.1 Å². The van der Waals surface area contributed by atoms with Crippen molar-refractivity contribution in [2.24, 2.45) is 7.05 Å². The van der Waals surface area contributed by atoms with E-state index in [9.17, 15) is 4.79 Å². The number of rotatable bonds is 4. The Bertz CT molecular complexity index is 464. The summed E-state index contributed by atoms with van der Waals surface area (Å²) in [4.78, 5) is 14.4. The Morgan fingerprint density at radius 3 is 3.05 bits per heavy atom. The fourth-order valence-corrected chi connectivity index (χ4v) is 3.77. The van der Waals surface area contributed by atoms with Crippen LogP contribution in [0.3, 0.4) is 0 Å². The zero-order chi connectivity index (χ0) is 15.2. The van der Waals surface area contributed by atoms with Crippen LogP contribution in [0.15, 0.2) is 6.33 Å². The number of urea groups is 1. The summed E-state index contributed by atoms with van der Waals surface area (Å²) in [6.45, 7) is 5.81. The molecule has 2 atom stereocenters. The average molecular weight is 311 g/mol. The molecule has 0 saturated carbocycles. The van der Waals surface area contributed by atoms with Crippen LogP contribution in [-0.2, 0) is 7.05 Å². The lowest BCUT2D eigenvalue weighted by Crippen LogP contribution is -2.43. The quantitative estimate of drug-likeness (QED) is 0.926. The van der Waals surface area contributed by atoms with Crippen LogP contribution in [0.5, 0.6) is 0 Å². The largest absolute Gasteiger partial charge is 0.328 e. The van der Waals surface area contributed by atoms with E-state index >= 15 is 0 Å². The molecule has 2 amide bonds. The van der Waals surface area contributed by atoms with Gasteiger partial charge < -0.3 is 14.8 Å². The topological polar surface area (TPSA) is 63.1 Å². The molecule has 1 N–H and O–H groups in total. The maximum absolute atomic E-state index is 12.5. The van der Waals surface area contributed by atoms with Crippen molar-refractivity contribution in [2.75, 3.05) is 18.8 Å². The van der Waals surface area contributed by atoms with Gasteiger partial charge in [0.05, 0.1) is 6.04 Å². The second-order valence-electron chi connectivity index (χ2n) is 5.49. The summed E-state index contributed by atoms with van der Waals surface area (Å²) in [6.07, 6.45) is 5.16. The average Bonchev–Trinajstić information content (AvgIpc) is 2.73. The van der Waals surface area contributed by atoms with Gasteiger partial charge in [-0.15, -0.1) is 10.2 Å². The van der Waals surface area contributed by atoms with Gasteiger partial charge >= 0.3 is 6.03 Å². The van der Waals surface area contributed by atoms with Gasteiger partial charge in [0.25, 0.3) is 0 Å². The van der Waals surface area contributed by atoms with Crippen molar-refractivity contribution >= 4 is 17.8 Å². The molecule has 21 heavy (non-hydrogen) atoms. The lowest BCUT2D eigenvalue weighted by molar-refractivity contribution is 0.196. The molecule has 0 spiro atoms. The fourth-order valence-electron chi connectivity index (χ4n) is 2.68. The van der Waals surface area contributed by atoms with E-state index in [1.54, 1.807) is 6.33 Å². The van der Waals surface area contributed by atoms with Crippen molar-refractivity contribution in [3.63, 3.8) is 0 Å². The number of likely N-dealkylation sites (tertiary alicyclic amines) is 1. The van der Waals surface area contributed by atoms with Gasteiger partial charge in [-0.05, 0) is 25.5 Å². The number of amides is 2. The predicted molar refractivity (Wildman–Crippen MR) is 85.3 cm³/mol.